The summed E-state index contributed by atoms with van der Waals surface area (Å²) in [5.41, 5.74) is 0.975. The monoisotopic (exact) mass is 278 g/mol. The van der Waals surface area contributed by atoms with Crippen LogP contribution in [0, 0.1) is 0 Å². The van der Waals surface area contributed by atoms with E-state index in [4.69, 9.17) is 4.74 Å². The van der Waals surface area contributed by atoms with E-state index in [0.717, 1.165) is 12.0 Å². The van der Waals surface area contributed by atoms with Crippen molar-refractivity contribution in [3.05, 3.63) is 35.9 Å². The van der Waals surface area contributed by atoms with E-state index >= 15 is 0 Å². The smallest absolute Gasteiger partial charge is 0.325 e. The summed E-state index contributed by atoms with van der Waals surface area (Å²) in [5, 5.41) is 2.78. The molecule has 1 aromatic rings. The van der Waals surface area contributed by atoms with Crippen LogP contribution in [-0.4, -0.2) is 36.6 Å². The van der Waals surface area contributed by atoms with Gasteiger partial charge in [-0.1, -0.05) is 37.3 Å². The number of hydrogen-bond acceptors (Lipinski definition) is 3. The molecule has 0 heterocycles. The maximum atomic E-state index is 12.1. The van der Waals surface area contributed by atoms with E-state index in [1.807, 2.05) is 37.3 Å². The first-order valence-corrected chi connectivity index (χ1v) is 6.89. The van der Waals surface area contributed by atoms with Crippen molar-refractivity contribution in [3.8, 4) is 0 Å². The van der Waals surface area contributed by atoms with Crippen molar-refractivity contribution in [2.75, 3.05) is 19.7 Å². The quantitative estimate of drug-likeness (QED) is 0.778. The number of urea groups is 1. The maximum Gasteiger partial charge on any atom is 0.325 e. The minimum absolute atomic E-state index is 0.0434. The van der Waals surface area contributed by atoms with Crippen molar-refractivity contribution < 1.29 is 14.3 Å². The molecule has 0 unspecified atom stereocenters. The summed E-state index contributed by atoms with van der Waals surface area (Å²) in [4.78, 5) is 25.1. The van der Waals surface area contributed by atoms with Crippen LogP contribution in [0.4, 0.5) is 4.79 Å². The van der Waals surface area contributed by atoms with Gasteiger partial charge in [-0.2, -0.15) is 0 Å². The average molecular weight is 278 g/mol. The van der Waals surface area contributed by atoms with Crippen LogP contribution in [0.2, 0.25) is 0 Å². The fraction of sp³-hybridized carbons (Fsp3) is 0.467. The molecule has 5 nitrogen and oxygen atoms in total. The molecule has 2 amide bonds. The Bertz CT molecular complexity index is 420. The third kappa shape index (κ3) is 5.73. The van der Waals surface area contributed by atoms with Gasteiger partial charge in [0, 0.05) is 13.1 Å². The fourth-order valence-electron chi connectivity index (χ4n) is 1.71. The first-order valence-electron chi connectivity index (χ1n) is 6.89. The Balaban J connectivity index is 2.67. The number of carbonyl (C=O) groups is 2. The van der Waals surface area contributed by atoms with Crippen LogP contribution in [0.15, 0.2) is 30.3 Å². The van der Waals surface area contributed by atoms with Gasteiger partial charge in [-0.25, -0.2) is 4.79 Å². The molecule has 0 aromatic heterocycles. The number of ether oxygens (including phenoxy) is 1. The lowest BCUT2D eigenvalue weighted by atomic mass is 10.2. The van der Waals surface area contributed by atoms with Gasteiger partial charge in [0.05, 0.1) is 6.61 Å². The highest BCUT2D eigenvalue weighted by Crippen LogP contribution is 2.05. The third-order valence-corrected chi connectivity index (χ3v) is 2.65. The van der Waals surface area contributed by atoms with Crippen molar-refractivity contribution in [2.24, 2.45) is 0 Å². The Morgan fingerprint density at radius 1 is 1.20 bits per heavy atom. The van der Waals surface area contributed by atoms with Crippen LogP contribution in [-0.2, 0) is 16.1 Å². The minimum Gasteiger partial charge on any atom is -0.465 e. The van der Waals surface area contributed by atoms with Gasteiger partial charge in [0.25, 0.3) is 0 Å². The highest BCUT2D eigenvalue weighted by Gasteiger charge is 2.17. The number of benzene rings is 1. The van der Waals surface area contributed by atoms with Crippen LogP contribution in [0.5, 0.6) is 0 Å². The number of rotatable bonds is 7. The zero-order chi connectivity index (χ0) is 14.8. The zero-order valence-electron chi connectivity index (χ0n) is 12.1. The first kappa shape index (κ1) is 16.0. The Morgan fingerprint density at radius 2 is 1.90 bits per heavy atom. The maximum absolute atomic E-state index is 12.1. The summed E-state index contributed by atoms with van der Waals surface area (Å²) in [7, 11) is 0. The van der Waals surface area contributed by atoms with Gasteiger partial charge in [-0.05, 0) is 18.9 Å². The number of hydrogen-bond donors (Lipinski definition) is 1. The molecule has 1 aromatic carbocycles. The van der Waals surface area contributed by atoms with Gasteiger partial charge in [-0.3, -0.25) is 4.79 Å². The molecule has 20 heavy (non-hydrogen) atoms. The minimum atomic E-state index is -0.393. The topological polar surface area (TPSA) is 58.6 Å². The van der Waals surface area contributed by atoms with Crippen molar-refractivity contribution >= 4 is 12.0 Å². The van der Waals surface area contributed by atoms with Gasteiger partial charge >= 0.3 is 12.0 Å². The largest absolute Gasteiger partial charge is 0.465 e. The summed E-state index contributed by atoms with van der Waals surface area (Å²) in [6.07, 6.45) is 0.852. The molecule has 1 rings (SSSR count). The summed E-state index contributed by atoms with van der Waals surface area (Å²) < 4.78 is 4.90. The molecular formula is C15H22N2O3. The van der Waals surface area contributed by atoms with Gasteiger partial charge in [0.2, 0.25) is 0 Å². The molecule has 110 valence electrons. The lowest BCUT2D eigenvalue weighted by molar-refractivity contribution is -0.143. The van der Waals surface area contributed by atoms with Gasteiger partial charge in [-0.15, -0.1) is 0 Å². The molecule has 5 heteroatoms. The number of nitrogens with one attached hydrogen (secondary N) is 1. The second-order valence-electron chi connectivity index (χ2n) is 4.38. The molecule has 0 radical (unpaired) electrons. The molecule has 1 N–H and O–H groups in total. The van der Waals surface area contributed by atoms with Gasteiger partial charge in [0.1, 0.15) is 6.54 Å². The van der Waals surface area contributed by atoms with E-state index in [-0.39, 0.29) is 12.6 Å². The second-order valence-corrected chi connectivity index (χ2v) is 4.38. The SMILES string of the molecule is CCCNC(=O)N(CC(=O)OCC)Cc1ccccc1. The average Bonchev–Trinajstić information content (AvgIpc) is 2.45. The van der Waals surface area contributed by atoms with E-state index in [9.17, 15) is 9.59 Å². The molecule has 0 aliphatic rings. The Morgan fingerprint density at radius 3 is 2.50 bits per heavy atom. The van der Waals surface area contributed by atoms with E-state index in [1.54, 1.807) is 6.92 Å². The van der Waals surface area contributed by atoms with Crippen LogP contribution in [0.1, 0.15) is 25.8 Å². The summed E-state index contributed by atoms with van der Waals surface area (Å²) in [5.74, 6) is -0.393. The number of carbonyl (C=O) groups excluding carboxylic acids is 2. The predicted molar refractivity (Wildman–Crippen MR) is 77.2 cm³/mol. The Labute approximate surface area is 119 Å². The summed E-state index contributed by atoms with van der Waals surface area (Å²) in [6.45, 7) is 4.97. The standard InChI is InChI=1S/C15H22N2O3/c1-3-10-16-15(19)17(12-14(18)20-4-2)11-13-8-6-5-7-9-13/h5-9H,3-4,10-12H2,1-2H3,(H,16,19). The van der Waals surface area contributed by atoms with Crippen molar-refractivity contribution in [1.82, 2.24) is 10.2 Å². The van der Waals surface area contributed by atoms with Crippen LogP contribution < -0.4 is 5.32 Å². The fourth-order valence-corrected chi connectivity index (χ4v) is 1.71. The van der Waals surface area contributed by atoms with Crippen LogP contribution >= 0.6 is 0 Å². The molecule has 0 atom stereocenters. The second kappa shape index (κ2) is 8.96. The Kier molecular flexibility index (Phi) is 7.17. The number of nitrogens with zero attached hydrogens (tertiary/aromatic N) is 1. The molecule has 0 aliphatic heterocycles. The van der Waals surface area contributed by atoms with E-state index in [0.29, 0.717) is 19.7 Å². The molecule has 0 aliphatic carbocycles. The lowest BCUT2D eigenvalue weighted by Crippen LogP contribution is -2.43. The van der Waals surface area contributed by atoms with Crippen molar-refractivity contribution in [1.29, 1.82) is 0 Å². The molecule has 0 fully saturated rings. The highest BCUT2D eigenvalue weighted by molar-refractivity contribution is 5.80. The molecule has 0 spiro atoms. The van der Waals surface area contributed by atoms with E-state index in [2.05, 4.69) is 5.32 Å². The normalized spacial score (nSPS) is 9.90. The van der Waals surface area contributed by atoms with Crippen LogP contribution in [0.25, 0.3) is 0 Å². The van der Waals surface area contributed by atoms with Gasteiger partial charge in [0.15, 0.2) is 0 Å². The van der Waals surface area contributed by atoms with Crippen molar-refractivity contribution in [3.63, 3.8) is 0 Å². The van der Waals surface area contributed by atoms with Crippen LogP contribution in [0.3, 0.4) is 0 Å². The first-order chi connectivity index (χ1) is 9.67. The lowest BCUT2D eigenvalue weighted by Gasteiger charge is -2.22. The van der Waals surface area contributed by atoms with Crippen molar-refractivity contribution in [2.45, 2.75) is 26.8 Å². The summed E-state index contributed by atoms with van der Waals surface area (Å²) in [6, 6.07) is 9.32. The Hall–Kier alpha value is -2.04. The van der Waals surface area contributed by atoms with E-state index < -0.39 is 5.97 Å². The molecule has 0 saturated carbocycles. The van der Waals surface area contributed by atoms with E-state index in [1.165, 1.54) is 4.90 Å². The third-order valence-electron chi connectivity index (χ3n) is 2.65. The number of esters is 1. The highest BCUT2D eigenvalue weighted by atomic mass is 16.5. The predicted octanol–water partition coefficient (Wildman–Crippen LogP) is 2.17. The molecule has 0 saturated heterocycles. The molecular weight excluding hydrogens is 256 g/mol. The zero-order valence-corrected chi connectivity index (χ0v) is 12.1. The van der Waals surface area contributed by atoms with Gasteiger partial charge < -0.3 is 15.0 Å². The summed E-state index contributed by atoms with van der Waals surface area (Å²) >= 11 is 0. The molecule has 0 bridgehead atoms. The number of amides is 2.